The number of hydrogen-bond donors (Lipinski definition) is 1. The predicted octanol–water partition coefficient (Wildman–Crippen LogP) is 2.57. The van der Waals surface area contributed by atoms with E-state index in [1.54, 1.807) is 0 Å². The number of nitrogens with zero attached hydrogens (tertiary/aromatic N) is 3. The van der Waals surface area contributed by atoms with Gasteiger partial charge in [0.15, 0.2) is 5.96 Å². The SMILES string of the molecule is CCNC(=NCCCN(C)CC(F)(F)F)N1CCC(C)(C)C1. The number of guanidine groups is 1. The van der Waals surface area contributed by atoms with Gasteiger partial charge in [-0.2, -0.15) is 13.2 Å². The van der Waals surface area contributed by atoms with E-state index in [0.717, 1.165) is 32.0 Å². The fourth-order valence-corrected chi connectivity index (χ4v) is 2.63. The van der Waals surface area contributed by atoms with Crippen molar-refractivity contribution in [2.75, 3.05) is 46.3 Å². The van der Waals surface area contributed by atoms with Gasteiger partial charge in [0.1, 0.15) is 0 Å². The van der Waals surface area contributed by atoms with Crippen molar-refractivity contribution in [3.05, 3.63) is 0 Å². The molecule has 0 aromatic rings. The van der Waals surface area contributed by atoms with Crippen molar-refractivity contribution < 1.29 is 13.2 Å². The molecule has 0 atom stereocenters. The zero-order valence-corrected chi connectivity index (χ0v) is 14.1. The molecule has 0 spiro atoms. The third kappa shape index (κ3) is 7.33. The molecule has 0 saturated carbocycles. The first-order chi connectivity index (χ1) is 10.1. The number of nitrogens with one attached hydrogen (secondary N) is 1. The van der Waals surface area contributed by atoms with Crippen molar-refractivity contribution in [2.45, 2.75) is 39.8 Å². The van der Waals surface area contributed by atoms with Crippen molar-refractivity contribution in [2.24, 2.45) is 10.4 Å². The zero-order valence-electron chi connectivity index (χ0n) is 14.1. The first kappa shape index (κ1) is 19.1. The lowest BCUT2D eigenvalue weighted by Crippen LogP contribution is -2.41. The molecular formula is C15H29F3N4. The van der Waals surface area contributed by atoms with Crippen LogP contribution in [0.3, 0.4) is 0 Å². The van der Waals surface area contributed by atoms with Gasteiger partial charge in [-0.3, -0.25) is 9.89 Å². The smallest absolute Gasteiger partial charge is 0.357 e. The Bertz CT molecular complexity index is 366. The highest BCUT2D eigenvalue weighted by molar-refractivity contribution is 5.80. The summed E-state index contributed by atoms with van der Waals surface area (Å²) in [6.45, 7) is 9.31. The number of halogens is 3. The van der Waals surface area contributed by atoms with E-state index in [1.165, 1.54) is 11.9 Å². The molecule has 1 rings (SSSR count). The van der Waals surface area contributed by atoms with E-state index in [1.807, 2.05) is 6.92 Å². The van der Waals surface area contributed by atoms with Crippen molar-refractivity contribution >= 4 is 5.96 Å². The number of hydrogen-bond acceptors (Lipinski definition) is 2. The summed E-state index contributed by atoms with van der Waals surface area (Å²) in [4.78, 5) is 8.09. The average molecular weight is 322 g/mol. The van der Waals surface area contributed by atoms with E-state index in [4.69, 9.17) is 0 Å². The summed E-state index contributed by atoms with van der Waals surface area (Å²) in [6, 6.07) is 0. The van der Waals surface area contributed by atoms with Gasteiger partial charge in [0, 0.05) is 26.2 Å². The summed E-state index contributed by atoms with van der Waals surface area (Å²) in [5.41, 5.74) is 0.295. The van der Waals surface area contributed by atoms with Crippen molar-refractivity contribution in [1.29, 1.82) is 0 Å². The van der Waals surface area contributed by atoms with Crippen LogP contribution >= 0.6 is 0 Å². The van der Waals surface area contributed by atoms with Gasteiger partial charge in [0.05, 0.1) is 6.54 Å². The molecule has 1 heterocycles. The monoisotopic (exact) mass is 322 g/mol. The minimum absolute atomic E-state index is 0.295. The van der Waals surface area contributed by atoms with E-state index in [2.05, 4.69) is 29.1 Å². The van der Waals surface area contributed by atoms with Crippen LogP contribution in [0.1, 0.15) is 33.6 Å². The van der Waals surface area contributed by atoms with E-state index in [9.17, 15) is 13.2 Å². The second-order valence-electron chi connectivity index (χ2n) is 6.78. The molecule has 1 saturated heterocycles. The standard InChI is InChI=1S/C15H29F3N4/c1-5-19-13(22-10-7-14(2,3)11-22)20-8-6-9-21(4)12-15(16,17)18/h5-12H2,1-4H3,(H,19,20). The van der Waals surface area contributed by atoms with Crippen LogP contribution in [0.5, 0.6) is 0 Å². The third-order valence-corrected chi connectivity index (χ3v) is 3.72. The molecule has 0 radical (unpaired) electrons. The minimum atomic E-state index is -4.13. The van der Waals surface area contributed by atoms with Crippen molar-refractivity contribution in [3.8, 4) is 0 Å². The van der Waals surface area contributed by atoms with Crippen LogP contribution in [0.25, 0.3) is 0 Å². The Hall–Kier alpha value is -0.980. The summed E-state index contributed by atoms with van der Waals surface area (Å²) in [6.07, 6.45) is -2.38. The Morgan fingerprint density at radius 3 is 2.55 bits per heavy atom. The first-order valence-corrected chi connectivity index (χ1v) is 7.91. The maximum absolute atomic E-state index is 12.2. The Morgan fingerprint density at radius 1 is 1.36 bits per heavy atom. The molecule has 130 valence electrons. The summed E-state index contributed by atoms with van der Waals surface area (Å²) >= 11 is 0. The lowest BCUT2D eigenvalue weighted by molar-refractivity contribution is -0.143. The third-order valence-electron chi connectivity index (χ3n) is 3.72. The maximum atomic E-state index is 12.2. The Balaban J connectivity index is 2.40. The molecule has 4 nitrogen and oxygen atoms in total. The van der Waals surface area contributed by atoms with Gasteiger partial charge in [-0.15, -0.1) is 0 Å². The molecule has 0 unspecified atom stereocenters. The normalized spacial score (nSPS) is 19.1. The molecule has 1 aliphatic rings. The highest BCUT2D eigenvalue weighted by Gasteiger charge is 2.31. The summed E-state index contributed by atoms with van der Waals surface area (Å²) < 4.78 is 36.7. The van der Waals surface area contributed by atoms with Gasteiger partial charge < -0.3 is 10.2 Å². The lowest BCUT2D eigenvalue weighted by Gasteiger charge is -2.24. The van der Waals surface area contributed by atoms with E-state index in [-0.39, 0.29) is 0 Å². The zero-order chi connectivity index (χ0) is 16.8. The number of rotatable bonds is 6. The van der Waals surface area contributed by atoms with Crippen LogP contribution in [0.15, 0.2) is 4.99 Å². The first-order valence-electron chi connectivity index (χ1n) is 7.91. The largest absolute Gasteiger partial charge is 0.401 e. The molecule has 7 heteroatoms. The molecule has 22 heavy (non-hydrogen) atoms. The molecule has 1 fully saturated rings. The van der Waals surface area contributed by atoms with Gasteiger partial charge in [-0.05, 0) is 38.8 Å². The summed E-state index contributed by atoms with van der Waals surface area (Å²) in [5, 5.41) is 3.27. The van der Waals surface area contributed by atoms with Crippen LogP contribution < -0.4 is 5.32 Å². The van der Waals surface area contributed by atoms with Gasteiger partial charge in [0.25, 0.3) is 0 Å². The minimum Gasteiger partial charge on any atom is -0.357 e. The van der Waals surface area contributed by atoms with Gasteiger partial charge in [-0.25, -0.2) is 0 Å². The van der Waals surface area contributed by atoms with Crippen LogP contribution in [0, 0.1) is 5.41 Å². The van der Waals surface area contributed by atoms with Gasteiger partial charge in [-0.1, -0.05) is 13.8 Å². The second-order valence-corrected chi connectivity index (χ2v) is 6.78. The highest BCUT2D eigenvalue weighted by Crippen LogP contribution is 2.28. The predicted molar refractivity (Wildman–Crippen MR) is 84.1 cm³/mol. The second kappa shape index (κ2) is 8.04. The molecule has 1 N–H and O–H groups in total. The van der Waals surface area contributed by atoms with Crippen LogP contribution in [0.4, 0.5) is 13.2 Å². The average Bonchev–Trinajstić information content (AvgIpc) is 2.71. The van der Waals surface area contributed by atoms with Crippen molar-refractivity contribution in [3.63, 3.8) is 0 Å². The molecule has 0 bridgehead atoms. The molecule has 0 aromatic heterocycles. The molecule has 0 amide bonds. The molecule has 0 aromatic carbocycles. The number of aliphatic imine (C=N–C) groups is 1. The topological polar surface area (TPSA) is 30.9 Å². The van der Waals surface area contributed by atoms with E-state index in [0.29, 0.717) is 24.9 Å². The Morgan fingerprint density at radius 2 is 2.05 bits per heavy atom. The fourth-order valence-electron chi connectivity index (χ4n) is 2.63. The maximum Gasteiger partial charge on any atom is 0.401 e. The molecule has 1 aliphatic heterocycles. The lowest BCUT2D eigenvalue weighted by atomic mass is 9.93. The quantitative estimate of drug-likeness (QED) is 0.463. The van der Waals surface area contributed by atoms with Crippen LogP contribution in [-0.4, -0.2) is 68.3 Å². The van der Waals surface area contributed by atoms with E-state index < -0.39 is 12.7 Å². The Kier molecular flexibility index (Phi) is 6.97. The summed E-state index contributed by atoms with van der Waals surface area (Å²) in [5.74, 6) is 0.881. The van der Waals surface area contributed by atoms with E-state index >= 15 is 0 Å². The van der Waals surface area contributed by atoms with Gasteiger partial charge in [0.2, 0.25) is 0 Å². The molecule has 0 aliphatic carbocycles. The van der Waals surface area contributed by atoms with Crippen LogP contribution in [0.2, 0.25) is 0 Å². The Labute approximate surface area is 131 Å². The van der Waals surface area contributed by atoms with Crippen LogP contribution in [-0.2, 0) is 0 Å². The highest BCUT2D eigenvalue weighted by atomic mass is 19.4. The summed E-state index contributed by atoms with van der Waals surface area (Å²) in [7, 11) is 1.49. The van der Waals surface area contributed by atoms with Crippen molar-refractivity contribution in [1.82, 2.24) is 15.1 Å². The molecular weight excluding hydrogens is 293 g/mol. The fraction of sp³-hybridized carbons (Fsp3) is 0.933. The van der Waals surface area contributed by atoms with Gasteiger partial charge >= 0.3 is 6.18 Å². The number of likely N-dealkylation sites (tertiary alicyclic amines) is 1. The number of alkyl halides is 3.